The SMILES string of the molecule is CCN(CC)C1CCCC(CNC)C1. The summed E-state index contributed by atoms with van der Waals surface area (Å²) in [6.07, 6.45) is 5.68. The number of hydrogen-bond acceptors (Lipinski definition) is 2. The van der Waals surface area contributed by atoms with Gasteiger partial charge in [0.15, 0.2) is 0 Å². The monoisotopic (exact) mass is 198 g/mol. The van der Waals surface area contributed by atoms with Gasteiger partial charge in [-0.05, 0) is 51.9 Å². The number of nitrogens with one attached hydrogen (secondary N) is 1. The molecular formula is C12H26N2. The van der Waals surface area contributed by atoms with Crippen LogP contribution in [0.1, 0.15) is 39.5 Å². The lowest BCUT2D eigenvalue weighted by atomic mass is 9.85. The van der Waals surface area contributed by atoms with Crippen molar-refractivity contribution in [3.63, 3.8) is 0 Å². The Bertz CT molecular complexity index is 141. The highest BCUT2D eigenvalue weighted by Gasteiger charge is 2.24. The second kappa shape index (κ2) is 6.41. The summed E-state index contributed by atoms with van der Waals surface area (Å²) in [7, 11) is 2.07. The summed E-state index contributed by atoms with van der Waals surface area (Å²) in [4.78, 5) is 2.63. The normalized spacial score (nSPS) is 28.3. The van der Waals surface area contributed by atoms with Gasteiger partial charge in [-0.1, -0.05) is 20.3 Å². The van der Waals surface area contributed by atoms with E-state index in [1.54, 1.807) is 0 Å². The van der Waals surface area contributed by atoms with Crippen molar-refractivity contribution in [1.29, 1.82) is 0 Å². The first kappa shape index (κ1) is 12.0. The van der Waals surface area contributed by atoms with Crippen molar-refractivity contribution in [3.05, 3.63) is 0 Å². The van der Waals surface area contributed by atoms with E-state index < -0.39 is 0 Å². The molecule has 2 unspecified atom stereocenters. The minimum Gasteiger partial charge on any atom is -0.319 e. The Morgan fingerprint density at radius 2 is 1.93 bits per heavy atom. The maximum absolute atomic E-state index is 3.31. The van der Waals surface area contributed by atoms with Gasteiger partial charge in [0.05, 0.1) is 0 Å². The molecule has 0 aromatic rings. The van der Waals surface area contributed by atoms with Crippen LogP contribution in [-0.2, 0) is 0 Å². The Kier molecular flexibility index (Phi) is 5.49. The molecule has 84 valence electrons. The van der Waals surface area contributed by atoms with E-state index in [9.17, 15) is 0 Å². The van der Waals surface area contributed by atoms with E-state index >= 15 is 0 Å². The molecule has 0 bridgehead atoms. The quantitative estimate of drug-likeness (QED) is 0.728. The van der Waals surface area contributed by atoms with Crippen LogP contribution in [0.15, 0.2) is 0 Å². The molecular weight excluding hydrogens is 172 g/mol. The van der Waals surface area contributed by atoms with Crippen LogP contribution in [0.5, 0.6) is 0 Å². The molecule has 14 heavy (non-hydrogen) atoms. The van der Waals surface area contributed by atoms with Gasteiger partial charge in [0.1, 0.15) is 0 Å². The lowest BCUT2D eigenvalue weighted by Gasteiger charge is -2.36. The summed E-state index contributed by atoms with van der Waals surface area (Å²) in [5, 5.41) is 3.31. The summed E-state index contributed by atoms with van der Waals surface area (Å²) >= 11 is 0. The van der Waals surface area contributed by atoms with Crippen LogP contribution in [0.4, 0.5) is 0 Å². The molecule has 0 radical (unpaired) electrons. The van der Waals surface area contributed by atoms with Gasteiger partial charge in [-0.15, -0.1) is 0 Å². The predicted molar refractivity (Wildman–Crippen MR) is 62.6 cm³/mol. The van der Waals surface area contributed by atoms with Gasteiger partial charge in [0.2, 0.25) is 0 Å². The summed E-state index contributed by atoms with van der Waals surface area (Å²) in [5.74, 6) is 0.916. The molecule has 0 aromatic heterocycles. The molecule has 0 heterocycles. The standard InChI is InChI=1S/C12H26N2/c1-4-14(5-2)12-8-6-7-11(9-12)10-13-3/h11-13H,4-10H2,1-3H3. The molecule has 0 amide bonds. The molecule has 1 N–H and O–H groups in total. The minimum absolute atomic E-state index is 0.858. The zero-order valence-electron chi connectivity index (χ0n) is 10.1. The van der Waals surface area contributed by atoms with E-state index in [4.69, 9.17) is 0 Å². The van der Waals surface area contributed by atoms with Crippen LogP contribution in [0.3, 0.4) is 0 Å². The van der Waals surface area contributed by atoms with Crippen LogP contribution in [0.25, 0.3) is 0 Å². The lowest BCUT2D eigenvalue weighted by molar-refractivity contribution is 0.141. The predicted octanol–water partition coefficient (Wildman–Crippen LogP) is 2.11. The zero-order chi connectivity index (χ0) is 10.4. The van der Waals surface area contributed by atoms with E-state index in [0.717, 1.165) is 12.0 Å². The average Bonchev–Trinajstić information content (AvgIpc) is 2.21. The van der Waals surface area contributed by atoms with E-state index in [0.29, 0.717) is 0 Å². The third-order valence-corrected chi connectivity index (χ3v) is 3.58. The third-order valence-electron chi connectivity index (χ3n) is 3.58. The van der Waals surface area contributed by atoms with Crippen molar-refractivity contribution in [2.75, 3.05) is 26.7 Å². The Hall–Kier alpha value is -0.0800. The molecule has 2 nitrogen and oxygen atoms in total. The average molecular weight is 198 g/mol. The van der Waals surface area contributed by atoms with Crippen LogP contribution in [-0.4, -0.2) is 37.6 Å². The highest BCUT2D eigenvalue weighted by molar-refractivity contribution is 4.80. The molecule has 0 saturated heterocycles. The molecule has 2 heteroatoms. The van der Waals surface area contributed by atoms with Crippen LogP contribution in [0, 0.1) is 5.92 Å². The van der Waals surface area contributed by atoms with Crippen molar-refractivity contribution in [3.8, 4) is 0 Å². The summed E-state index contributed by atoms with van der Waals surface area (Å²) in [5.41, 5.74) is 0. The van der Waals surface area contributed by atoms with Gasteiger partial charge in [0.25, 0.3) is 0 Å². The van der Waals surface area contributed by atoms with Crippen LogP contribution < -0.4 is 5.32 Å². The van der Waals surface area contributed by atoms with E-state index in [1.807, 2.05) is 0 Å². The highest BCUT2D eigenvalue weighted by Crippen LogP contribution is 2.27. The molecule has 0 aliphatic heterocycles. The molecule has 1 aliphatic rings. The number of rotatable bonds is 5. The molecule has 0 spiro atoms. The fourth-order valence-electron chi connectivity index (χ4n) is 2.81. The summed E-state index contributed by atoms with van der Waals surface area (Å²) in [6.45, 7) is 8.20. The second-order valence-electron chi connectivity index (χ2n) is 4.47. The number of nitrogens with zero attached hydrogens (tertiary/aromatic N) is 1. The first-order valence-electron chi connectivity index (χ1n) is 6.20. The Morgan fingerprint density at radius 1 is 1.21 bits per heavy atom. The van der Waals surface area contributed by atoms with Gasteiger partial charge in [-0.25, -0.2) is 0 Å². The van der Waals surface area contributed by atoms with Gasteiger partial charge in [-0.3, -0.25) is 0 Å². The molecule has 1 aliphatic carbocycles. The van der Waals surface area contributed by atoms with Gasteiger partial charge < -0.3 is 10.2 Å². The van der Waals surface area contributed by atoms with E-state index in [2.05, 4.69) is 31.1 Å². The number of hydrogen-bond donors (Lipinski definition) is 1. The Balaban J connectivity index is 2.38. The first-order chi connectivity index (χ1) is 6.81. The lowest BCUT2D eigenvalue weighted by Crippen LogP contribution is -2.40. The van der Waals surface area contributed by atoms with E-state index in [-0.39, 0.29) is 0 Å². The molecule has 1 rings (SSSR count). The van der Waals surface area contributed by atoms with Crippen molar-refractivity contribution in [2.24, 2.45) is 5.92 Å². The van der Waals surface area contributed by atoms with Gasteiger partial charge in [-0.2, -0.15) is 0 Å². The van der Waals surface area contributed by atoms with E-state index in [1.165, 1.54) is 45.3 Å². The summed E-state index contributed by atoms with van der Waals surface area (Å²) in [6, 6.07) is 0.858. The third kappa shape index (κ3) is 3.25. The topological polar surface area (TPSA) is 15.3 Å². The molecule has 0 aromatic carbocycles. The van der Waals surface area contributed by atoms with Crippen molar-refractivity contribution in [1.82, 2.24) is 10.2 Å². The minimum atomic E-state index is 0.858. The smallest absolute Gasteiger partial charge is 0.00981 e. The largest absolute Gasteiger partial charge is 0.319 e. The highest BCUT2D eigenvalue weighted by atomic mass is 15.1. The molecule has 1 saturated carbocycles. The summed E-state index contributed by atoms with van der Waals surface area (Å²) < 4.78 is 0. The maximum Gasteiger partial charge on any atom is 0.00981 e. The van der Waals surface area contributed by atoms with Crippen molar-refractivity contribution < 1.29 is 0 Å². The van der Waals surface area contributed by atoms with Crippen LogP contribution in [0.2, 0.25) is 0 Å². The fourth-order valence-corrected chi connectivity index (χ4v) is 2.81. The van der Waals surface area contributed by atoms with Gasteiger partial charge in [0, 0.05) is 6.04 Å². The maximum atomic E-state index is 3.31. The Morgan fingerprint density at radius 3 is 2.50 bits per heavy atom. The first-order valence-corrected chi connectivity index (χ1v) is 6.20. The van der Waals surface area contributed by atoms with Gasteiger partial charge >= 0.3 is 0 Å². The zero-order valence-corrected chi connectivity index (χ0v) is 10.1. The van der Waals surface area contributed by atoms with Crippen LogP contribution >= 0.6 is 0 Å². The molecule has 2 atom stereocenters. The fraction of sp³-hybridized carbons (Fsp3) is 1.00. The van der Waals surface area contributed by atoms with Crippen molar-refractivity contribution >= 4 is 0 Å². The second-order valence-corrected chi connectivity index (χ2v) is 4.47. The molecule has 1 fully saturated rings. The Labute approximate surface area is 89.1 Å². The van der Waals surface area contributed by atoms with Crippen molar-refractivity contribution in [2.45, 2.75) is 45.6 Å².